The second-order valence-electron chi connectivity index (χ2n) is 0.987. The lowest BCUT2D eigenvalue weighted by atomic mass is 10.5. The molecule has 0 aliphatic rings. The Labute approximate surface area is 54.5 Å². The summed E-state index contributed by atoms with van der Waals surface area (Å²) in [6.45, 7) is 0.700. The number of hydrogen-bond donors (Lipinski definition) is 1. The summed E-state index contributed by atoms with van der Waals surface area (Å²) in [4.78, 5) is 0.442. The van der Waals surface area contributed by atoms with Crippen LogP contribution in [0.2, 0.25) is 0 Å². The predicted octanol–water partition coefficient (Wildman–Crippen LogP) is 1.10. The highest BCUT2D eigenvalue weighted by atomic mass is 79.9. The fraction of sp³-hybridized carbons (Fsp3) is 1.00. The lowest BCUT2D eigenvalue weighted by Crippen LogP contribution is -2.13. The van der Waals surface area contributed by atoms with Crippen molar-refractivity contribution < 1.29 is 0 Å². The maximum atomic E-state index is 5.21. The van der Waals surface area contributed by atoms with Crippen molar-refractivity contribution in [3.05, 3.63) is 0 Å². The number of nitrogens with two attached hydrogens (primary N) is 1. The standard InChI is InChI=1S/C3H7Br2N/c4-1-3(5)2-6/h3H,1-2,6H2/t3-/m1/s1. The molecule has 0 spiro atoms. The van der Waals surface area contributed by atoms with Crippen LogP contribution in [0.15, 0.2) is 0 Å². The van der Waals surface area contributed by atoms with Gasteiger partial charge in [0.15, 0.2) is 0 Å². The van der Waals surface area contributed by atoms with Crippen LogP contribution in [-0.4, -0.2) is 16.7 Å². The van der Waals surface area contributed by atoms with Crippen LogP contribution >= 0.6 is 31.9 Å². The van der Waals surface area contributed by atoms with Crippen molar-refractivity contribution >= 4 is 31.9 Å². The van der Waals surface area contributed by atoms with E-state index in [1.807, 2.05) is 0 Å². The molecule has 0 aliphatic heterocycles. The minimum atomic E-state index is 0.442. The van der Waals surface area contributed by atoms with E-state index < -0.39 is 0 Å². The molecule has 0 heterocycles. The zero-order valence-electron chi connectivity index (χ0n) is 3.32. The molecule has 6 heavy (non-hydrogen) atoms. The second kappa shape index (κ2) is 4.09. The average molecular weight is 217 g/mol. The monoisotopic (exact) mass is 215 g/mol. The number of rotatable bonds is 2. The Balaban J connectivity index is 2.75. The number of halogens is 2. The lowest BCUT2D eigenvalue weighted by Gasteiger charge is -1.95. The fourth-order valence-electron chi connectivity index (χ4n) is 0.0630. The van der Waals surface area contributed by atoms with Crippen molar-refractivity contribution in [3.63, 3.8) is 0 Å². The number of hydrogen-bond acceptors (Lipinski definition) is 1. The average Bonchev–Trinajstić information content (AvgIpc) is 1.65. The summed E-state index contributed by atoms with van der Waals surface area (Å²) in [5.41, 5.74) is 5.21. The van der Waals surface area contributed by atoms with Crippen LogP contribution in [0.25, 0.3) is 0 Å². The van der Waals surface area contributed by atoms with Gasteiger partial charge in [-0.25, -0.2) is 0 Å². The summed E-state index contributed by atoms with van der Waals surface area (Å²) in [6, 6.07) is 0. The van der Waals surface area contributed by atoms with Crippen molar-refractivity contribution in [2.24, 2.45) is 5.73 Å². The summed E-state index contributed by atoms with van der Waals surface area (Å²) in [7, 11) is 0. The first-order chi connectivity index (χ1) is 2.81. The number of alkyl halides is 2. The third-order valence-electron chi connectivity index (χ3n) is 0.423. The summed E-state index contributed by atoms with van der Waals surface area (Å²) in [5, 5.41) is 0.934. The summed E-state index contributed by atoms with van der Waals surface area (Å²) in [5.74, 6) is 0. The Morgan fingerprint density at radius 3 is 2.17 bits per heavy atom. The van der Waals surface area contributed by atoms with Crippen LogP contribution < -0.4 is 5.73 Å². The van der Waals surface area contributed by atoms with Crippen molar-refractivity contribution in [3.8, 4) is 0 Å². The van der Waals surface area contributed by atoms with E-state index in [2.05, 4.69) is 31.9 Å². The third-order valence-corrected chi connectivity index (χ3v) is 2.77. The Kier molecular flexibility index (Phi) is 4.72. The van der Waals surface area contributed by atoms with Gasteiger partial charge in [-0.2, -0.15) is 0 Å². The van der Waals surface area contributed by atoms with Gasteiger partial charge >= 0.3 is 0 Å². The predicted molar refractivity (Wildman–Crippen MR) is 35.6 cm³/mol. The van der Waals surface area contributed by atoms with Crippen LogP contribution in [0.1, 0.15) is 0 Å². The Bertz CT molecular complexity index is 28.0. The van der Waals surface area contributed by atoms with Crippen LogP contribution in [0.3, 0.4) is 0 Å². The zero-order chi connectivity index (χ0) is 4.99. The molecule has 0 bridgehead atoms. The van der Waals surface area contributed by atoms with Gasteiger partial charge < -0.3 is 5.73 Å². The van der Waals surface area contributed by atoms with E-state index in [0.29, 0.717) is 11.4 Å². The molecule has 0 saturated carbocycles. The molecular formula is C3H7Br2N. The van der Waals surface area contributed by atoms with E-state index in [4.69, 9.17) is 5.73 Å². The Hall–Kier alpha value is 0.920. The van der Waals surface area contributed by atoms with E-state index in [1.54, 1.807) is 0 Å². The van der Waals surface area contributed by atoms with Gasteiger partial charge in [0.1, 0.15) is 0 Å². The van der Waals surface area contributed by atoms with Crippen molar-refractivity contribution in [1.29, 1.82) is 0 Å². The molecule has 0 radical (unpaired) electrons. The Morgan fingerprint density at radius 2 is 2.17 bits per heavy atom. The Morgan fingerprint density at radius 1 is 1.67 bits per heavy atom. The highest BCUT2D eigenvalue weighted by Crippen LogP contribution is 1.98. The van der Waals surface area contributed by atoms with Crippen LogP contribution in [0.5, 0.6) is 0 Å². The molecule has 2 N–H and O–H groups in total. The molecule has 38 valence electrons. The zero-order valence-corrected chi connectivity index (χ0v) is 6.50. The highest BCUT2D eigenvalue weighted by molar-refractivity contribution is 9.12. The maximum Gasteiger partial charge on any atom is 0.0365 e. The van der Waals surface area contributed by atoms with E-state index in [9.17, 15) is 0 Å². The molecule has 0 aromatic heterocycles. The maximum absolute atomic E-state index is 5.21. The molecular weight excluding hydrogens is 210 g/mol. The van der Waals surface area contributed by atoms with Gasteiger partial charge in [0, 0.05) is 16.7 Å². The lowest BCUT2D eigenvalue weighted by molar-refractivity contribution is 0.984. The molecule has 0 fully saturated rings. The second-order valence-corrected chi connectivity index (χ2v) is 2.93. The van der Waals surface area contributed by atoms with Gasteiger partial charge in [0.25, 0.3) is 0 Å². The molecule has 1 nitrogen and oxygen atoms in total. The molecule has 0 saturated heterocycles. The molecule has 3 heteroatoms. The van der Waals surface area contributed by atoms with Crippen molar-refractivity contribution in [2.45, 2.75) is 4.83 Å². The first-order valence-corrected chi connectivity index (χ1v) is 3.75. The molecule has 1 atom stereocenters. The van der Waals surface area contributed by atoms with Crippen LogP contribution in [0, 0.1) is 0 Å². The molecule has 0 aromatic carbocycles. The van der Waals surface area contributed by atoms with E-state index in [0.717, 1.165) is 5.33 Å². The molecule has 0 unspecified atom stereocenters. The van der Waals surface area contributed by atoms with E-state index in [1.165, 1.54) is 0 Å². The topological polar surface area (TPSA) is 26.0 Å². The SMILES string of the molecule is NC[C@H](Br)CBr. The van der Waals surface area contributed by atoms with E-state index >= 15 is 0 Å². The van der Waals surface area contributed by atoms with Gasteiger partial charge in [-0.3, -0.25) is 0 Å². The van der Waals surface area contributed by atoms with E-state index in [-0.39, 0.29) is 0 Å². The van der Waals surface area contributed by atoms with Gasteiger partial charge in [0.05, 0.1) is 0 Å². The highest BCUT2D eigenvalue weighted by Gasteiger charge is 1.92. The summed E-state index contributed by atoms with van der Waals surface area (Å²) in [6.07, 6.45) is 0. The van der Waals surface area contributed by atoms with Crippen LogP contribution in [0.4, 0.5) is 0 Å². The van der Waals surface area contributed by atoms with Gasteiger partial charge in [0.2, 0.25) is 0 Å². The van der Waals surface area contributed by atoms with Gasteiger partial charge in [-0.1, -0.05) is 31.9 Å². The first kappa shape index (κ1) is 6.92. The first-order valence-electron chi connectivity index (χ1n) is 1.71. The molecule has 0 rings (SSSR count). The molecule has 0 aliphatic carbocycles. The van der Waals surface area contributed by atoms with Crippen molar-refractivity contribution in [1.82, 2.24) is 0 Å². The quantitative estimate of drug-likeness (QED) is 0.688. The molecule has 0 amide bonds. The summed E-state index contributed by atoms with van der Waals surface area (Å²) < 4.78 is 0. The van der Waals surface area contributed by atoms with Gasteiger partial charge in [-0.15, -0.1) is 0 Å². The normalized spacial score (nSPS) is 14.5. The largest absolute Gasteiger partial charge is 0.329 e. The minimum Gasteiger partial charge on any atom is -0.329 e. The smallest absolute Gasteiger partial charge is 0.0365 e. The summed E-state index contributed by atoms with van der Waals surface area (Å²) >= 11 is 6.55. The fourth-order valence-corrected chi connectivity index (χ4v) is 0.327. The molecule has 0 aromatic rings. The van der Waals surface area contributed by atoms with Gasteiger partial charge in [-0.05, 0) is 0 Å². The van der Waals surface area contributed by atoms with Crippen LogP contribution in [-0.2, 0) is 0 Å². The third kappa shape index (κ3) is 3.12. The minimum absolute atomic E-state index is 0.442. The van der Waals surface area contributed by atoms with Crippen molar-refractivity contribution in [2.75, 3.05) is 11.9 Å².